The van der Waals surface area contributed by atoms with Crippen molar-refractivity contribution in [2.24, 2.45) is 5.92 Å². The zero-order valence-corrected chi connectivity index (χ0v) is 17.1. The second-order valence-electron chi connectivity index (χ2n) is 7.67. The van der Waals surface area contributed by atoms with E-state index in [1.807, 2.05) is 18.2 Å². The number of H-pyrrole nitrogens is 1. The maximum atomic E-state index is 13.0. The van der Waals surface area contributed by atoms with Crippen LogP contribution in [-0.2, 0) is 21.2 Å². The molecular formula is C21H22N4O4S. The number of fused-ring (bicyclic) bond motifs is 2. The maximum Gasteiger partial charge on any atom is 0.243 e. The molecule has 0 atom stereocenters. The molecule has 0 radical (unpaired) electrons. The molecular weight excluding hydrogens is 404 g/mol. The van der Waals surface area contributed by atoms with Crippen molar-refractivity contribution in [1.29, 1.82) is 0 Å². The van der Waals surface area contributed by atoms with Gasteiger partial charge >= 0.3 is 0 Å². The molecule has 5 rings (SSSR count). The van der Waals surface area contributed by atoms with E-state index in [1.165, 1.54) is 4.31 Å². The lowest BCUT2D eigenvalue weighted by Gasteiger charge is -2.30. The van der Waals surface area contributed by atoms with E-state index in [9.17, 15) is 13.2 Å². The van der Waals surface area contributed by atoms with Crippen LogP contribution < -0.4 is 10.1 Å². The monoisotopic (exact) mass is 426 g/mol. The van der Waals surface area contributed by atoms with Crippen molar-refractivity contribution in [2.45, 2.75) is 24.2 Å². The van der Waals surface area contributed by atoms with Gasteiger partial charge in [-0.25, -0.2) is 13.4 Å². The summed E-state index contributed by atoms with van der Waals surface area (Å²) in [5.74, 6) is 0.459. The molecule has 30 heavy (non-hydrogen) atoms. The summed E-state index contributed by atoms with van der Waals surface area (Å²) >= 11 is 0. The van der Waals surface area contributed by atoms with E-state index in [0.29, 0.717) is 43.1 Å². The number of anilines is 1. The van der Waals surface area contributed by atoms with Gasteiger partial charge in [0.25, 0.3) is 0 Å². The van der Waals surface area contributed by atoms with Gasteiger partial charge in [0, 0.05) is 31.1 Å². The van der Waals surface area contributed by atoms with Crippen LogP contribution in [-0.4, -0.2) is 48.3 Å². The zero-order chi connectivity index (χ0) is 20.7. The van der Waals surface area contributed by atoms with Crippen LogP contribution in [0.4, 0.5) is 5.69 Å². The van der Waals surface area contributed by atoms with Gasteiger partial charge in [-0.2, -0.15) is 4.31 Å². The number of aromatic nitrogens is 2. The summed E-state index contributed by atoms with van der Waals surface area (Å²) < 4.78 is 33.0. The van der Waals surface area contributed by atoms with Crippen LogP contribution in [0.15, 0.2) is 47.6 Å². The number of nitrogens with one attached hydrogen (secondary N) is 2. The van der Waals surface area contributed by atoms with E-state index in [1.54, 1.807) is 24.5 Å². The third kappa shape index (κ3) is 3.44. The van der Waals surface area contributed by atoms with Crippen LogP contribution in [0.25, 0.3) is 11.0 Å². The Balaban J connectivity index is 1.23. The fourth-order valence-corrected chi connectivity index (χ4v) is 5.61. The lowest BCUT2D eigenvalue weighted by Crippen LogP contribution is -2.41. The number of imidazole rings is 1. The van der Waals surface area contributed by atoms with E-state index in [0.717, 1.165) is 28.8 Å². The van der Waals surface area contributed by atoms with E-state index >= 15 is 0 Å². The highest BCUT2D eigenvalue weighted by Gasteiger charge is 2.32. The fourth-order valence-electron chi connectivity index (χ4n) is 4.09. The second-order valence-corrected chi connectivity index (χ2v) is 9.61. The highest BCUT2D eigenvalue weighted by Crippen LogP contribution is 2.30. The smallest absolute Gasteiger partial charge is 0.243 e. The first-order chi connectivity index (χ1) is 14.5. The zero-order valence-electron chi connectivity index (χ0n) is 16.3. The molecule has 0 unspecified atom stereocenters. The summed E-state index contributed by atoms with van der Waals surface area (Å²) in [5, 5.41) is 2.94. The minimum atomic E-state index is -3.57. The van der Waals surface area contributed by atoms with Crippen molar-refractivity contribution in [3.63, 3.8) is 0 Å². The standard InChI is InChI=1S/C21H22N4O4S/c26-21(24-16-1-3-18-19(12-16)23-13-22-18)14-5-8-25(9-6-14)30(27,28)17-2-4-20-15(11-17)7-10-29-20/h1-4,11-14H,5-10H2,(H,22,23)(H,24,26). The number of nitrogens with zero attached hydrogens (tertiary/aromatic N) is 2. The number of aromatic amines is 1. The Bertz CT molecular complexity index is 1210. The van der Waals surface area contributed by atoms with E-state index in [4.69, 9.17) is 4.74 Å². The predicted octanol–water partition coefficient (Wildman–Crippen LogP) is 2.54. The molecule has 2 aliphatic rings. The largest absolute Gasteiger partial charge is 0.493 e. The number of rotatable bonds is 4. The quantitative estimate of drug-likeness (QED) is 0.667. The van der Waals surface area contributed by atoms with Crippen LogP contribution in [0.2, 0.25) is 0 Å². The number of carbonyl (C=O) groups excluding carboxylic acids is 1. The third-order valence-electron chi connectivity index (χ3n) is 5.81. The molecule has 0 saturated carbocycles. The van der Waals surface area contributed by atoms with Crippen LogP contribution in [0.1, 0.15) is 18.4 Å². The molecule has 1 fully saturated rings. The van der Waals surface area contributed by atoms with Gasteiger partial charge in [-0.05, 0) is 54.8 Å². The number of carbonyl (C=O) groups is 1. The SMILES string of the molecule is O=C(Nc1ccc2nc[nH]c2c1)C1CCN(S(=O)(=O)c2ccc3c(c2)CCO3)CC1. The number of hydrogen-bond donors (Lipinski definition) is 2. The van der Waals surface area contributed by atoms with Crippen molar-refractivity contribution in [1.82, 2.24) is 14.3 Å². The normalized spacial score (nSPS) is 17.6. The van der Waals surface area contributed by atoms with E-state index in [2.05, 4.69) is 15.3 Å². The van der Waals surface area contributed by atoms with Gasteiger partial charge in [-0.1, -0.05) is 0 Å². The fraction of sp³-hybridized carbons (Fsp3) is 0.333. The molecule has 156 valence electrons. The molecule has 2 aromatic carbocycles. The summed E-state index contributed by atoms with van der Waals surface area (Å²) in [6.45, 7) is 1.24. The van der Waals surface area contributed by atoms with Crippen LogP contribution in [0.5, 0.6) is 5.75 Å². The van der Waals surface area contributed by atoms with Gasteiger partial charge in [0.2, 0.25) is 15.9 Å². The maximum absolute atomic E-state index is 13.0. The Kier molecular flexibility index (Phi) is 4.71. The number of piperidine rings is 1. The molecule has 1 saturated heterocycles. The average molecular weight is 426 g/mol. The summed E-state index contributed by atoms with van der Waals surface area (Å²) in [4.78, 5) is 20.2. The first-order valence-electron chi connectivity index (χ1n) is 10.0. The van der Waals surface area contributed by atoms with Crippen molar-refractivity contribution >= 4 is 32.7 Å². The summed E-state index contributed by atoms with van der Waals surface area (Å²) in [7, 11) is -3.57. The lowest BCUT2D eigenvalue weighted by molar-refractivity contribution is -0.120. The highest BCUT2D eigenvalue weighted by atomic mass is 32.2. The molecule has 3 aromatic rings. The lowest BCUT2D eigenvalue weighted by atomic mass is 9.97. The van der Waals surface area contributed by atoms with Crippen molar-refractivity contribution in [2.75, 3.05) is 25.0 Å². The van der Waals surface area contributed by atoms with Crippen LogP contribution in [0, 0.1) is 5.92 Å². The number of amides is 1. The van der Waals surface area contributed by atoms with Crippen LogP contribution in [0.3, 0.4) is 0 Å². The minimum absolute atomic E-state index is 0.0828. The molecule has 2 aliphatic heterocycles. The third-order valence-corrected chi connectivity index (χ3v) is 7.71. The van der Waals surface area contributed by atoms with Gasteiger partial charge in [-0.15, -0.1) is 0 Å². The Labute approximate surface area is 174 Å². The minimum Gasteiger partial charge on any atom is -0.493 e. The van der Waals surface area contributed by atoms with Gasteiger partial charge in [0.05, 0.1) is 28.9 Å². The summed E-state index contributed by atoms with van der Waals surface area (Å²) in [6, 6.07) is 10.5. The molecule has 0 bridgehead atoms. The molecule has 2 N–H and O–H groups in total. The Morgan fingerprint density at radius 2 is 2.00 bits per heavy atom. The molecule has 3 heterocycles. The number of benzene rings is 2. The van der Waals surface area contributed by atoms with Gasteiger partial charge in [-0.3, -0.25) is 4.79 Å². The van der Waals surface area contributed by atoms with Gasteiger partial charge < -0.3 is 15.0 Å². The topological polar surface area (TPSA) is 104 Å². The van der Waals surface area contributed by atoms with Crippen LogP contribution >= 0.6 is 0 Å². The van der Waals surface area contributed by atoms with Gasteiger partial charge in [0.1, 0.15) is 5.75 Å². The molecule has 0 spiro atoms. The average Bonchev–Trinajstić information content (AvgIpc) is 3.42. The van der Waals surface area contributed by atoms with Crippen molar-refractivity contribution < 1.29 is 17.9 Å². The molecule has 8 nitrogen and oxygen atoms in total. The Morgan fingerprint density at radius 1 is 1.17 bits per heavy atom. The molecule has 0 aliphatic carbocycles. The Morgan fingerprint density at radius 3 is 2.83 bits per heavy atom. The van der Waals surface area contributed by atoms with Crippen molar-refractivity contribution in [3.8, 4) is 5.75 Å². The van der Waals surface area contributed by atoms with E-state index in [-0.39, 0.29) is 11.8 Å². The highest BCUT2D eigenvalue weighted by molar-refractivity contribution is 7.89. The summed E-state index contributed by atoms with van der Waals surface area (Å²) in [5.41, 5.74) is 3.32. The predicted molar refractivity (Wildman–Crippen MR) is 112 cm³/mol. The second kappa shape index (κ2) is 7.41. The molecule has 1 aromatic heterocycles. The first kappa shape index (κ1) is 19.1. The summed E-state index contributed by atoms with van der Waals surface area (Å²) in [6.07, 6.45) is 3.32. The first-order valence-corrected chi connectivity index (χ1v) is 11.4. The Hall–Kier alpha value is -2.91. The number of ether oxygens (including phenoxy) is 1. The molecule has 9 heteroatoms. The van der Waals surface area contributed by atoms with Gasteiger partial charge in [0.15, 0.2) is 0 Å². The number of sulfonamides is 1. The molecule has 1 amide bonds. The van der Waals surface area contributed by atoms with E-state index < -0.39 is 10.0 Å². The number of hydrogen-bond acceptors (Lipinski definition) is 5. The van der Waals surface area contributed by atoms with Crippen molar-refractivity contribution in [3.05, 3.63) is 48.3 Å².